The minimum absolute atomic E-state index is 0.165. The lowest BCUT2D eigenvalue weighted by molar-refractivity contribution is 0.346. The van der Waals surface area contributed by atoms with Crippen molar-refractivity contribution >= 4 is 0 Å². The standard InChI is InChI=1S/C41H46/c1-32-14-20-37(21-15-32)41(28-10-5-11-29-41)39-24-18-35(19-25-39)31-33(2)30-34-16-22-38(23-17-34)40(26-8-4-9-27-40)36-12-6-3-7-13-36/h3,6-7,12-25H,2,4-5,8-11,26-31H2,1H3. The lowest BCUT2D eigenvalue weighted by Crippen LogP contribution is -2.30. The zero-order valence-electron chi connectivity index (χ0n) is 25.0. The molecule has 2 aliphatic rings. The molecule has 2 saturated carbocycles. The van der Waals surface area contributed by atoms with Gasteiger partial charge in [-0.05, 0) is 78.8 Å². The summed E-state index contributed by atoms with van der Waals surface area (Å²) >= 11 is 0. The van der Waals surface area contributed by atoms with Crippen LogP contribution in [0.2, 0.25) is 0 Å². The second kappa shape index (κ2) is 12.2. The van der Waals surface area contributed by atoms with Crippen molar-refractivity contribution in [3.8, 4) is 0 Å². The summed E-state index contributed by atoms with van der Waals surface area (Å²) in [5.74, 6) is 0. The molecule has 0 saturated heterocycles. The SMILES string of the molecule is C=C(Cc1ccc(C2(c3ccccc3)CCCCC2)cc1)Cc1ccc(C2(c3ccc(C)cc3)CCCCC2)cc1. The first kappa shape index (κ1) is 27.8. The van der Waals surface area contributed by atoms with Crippen LogP contribution in [0.3, 0.4) is 0 Å². The average molecular weight is 539 g/mol. The Morgan fingerprint density at radius 1 is 0.488 bits per heavy atom. The Kier molecular flexibility index (Phi) is 8.29. The third-order valence-corrected chi connectivity index (χ3v) is 10.3. The van der Waals surface area contributed by atoms with Gasteiger partial charge in [0.05, 0.1) is 0 Å². The predicted molar refractivity (Wildman–Crippen MR) is 175 cm³/mol. The van der Waals surface area contributed by atoms with Gasteiger partial charge in [-0.2, -0.15) is 0 Å². The van der Waals surface area contributed by atoms with Crippen LogP contribution in [0.1, 0.15) is 103 Å². The summed E-state index contributed by atoms with van der Waals surface area (Å²) < 4.78 is 0. The van der Waals surface area contributed by atoms with E-state index in [-0.39, 0.29) is 10.8 Å². The van der Waals surface area contributed by atoms with Crippen molar-refractivity contribution in [3.05, 3.63) is 154 Å². The van der Waals surface area contributed by atoms with Gasteiger partial charge in [0.15, 0.2) is 0 Å². The molecule has 0 radical (unpaired) electrons. The topological polar surface area (TPSA) is 0 Å². The third kappa shape index (κ3) is 5.85. The van der Waals surface area contributed by atoms with Gasteiger partial charge in [0.2, 0.25) is 0 Å². The highest BCUT2D eigenvalue weighted by atomic mass is 14.4. The fourth-order valence-corrected chi connectivity index (χ4v) is 7.95. The van der Waals surface area contributed by atoms with E-state index in [1.807, 2.05) is 0 Å². The van der Waals surface area contributed by atoms with Gasteiger partial charge in [-0.25, -0.2) is 0 Å². The van der Waals surface area contributed by atoms with Gasteiger partial charge in [0.25, 0.3) is 0 Å². The highest BCUT2D eigenvalue weighted by molar-refractivity contribution is 5.44. The molecule has 0 aliphatic heterocycles. The zero-order chi connectivity index (χ0) is 28.1. The Bertz CT molecular complexity index is 1410. The van der Waals surface area contributed by atoms with Gasteiger partial charge < -0.3 is 0 Å². The van der Waals surface area contributed by atoms with E-state index in [2.05, 4.69) is 117 Å². The maximum absolute atomic E-state index is 4.50. The highest BCUT2D eigenvalue weighted by Gasteiger charge is 2.36. The molecule has 41 heavy (non-hydrogen) atoms. The number of hydrogen-bond donors (Lipinski definition) is 0. The van der Waals surface area contributed by atoms with Crippen LogP contribution in [-0.2, 0) is 23.7 Å². The molecule has 0 atom stereocenters. The third-order valence-electron chi connectivity index (χ3n) is 10.3. The summed E-state index contributed by atoms with van der Waals surface area (Å²) in [5.41, 5.74) is 11.7. The number of rotatable bonds is 8. The summed E-state index contributed by atoms with van der Waals surface area (Å²) in [6.07, 6.45) is 14.9. The second-order valence-corrected chi connectivity index (χ2v) is 13.0. The molecule has 2 aliphatic carbocycles. The first-order valence-electron chi connectivity index (χ1n) is 16.1. The molecule has 0 nitrogen and oxygen atoms in total. The maximum atomic E-state index is 4.50. The van der Waals surface area contributed by atoms with E-state index in [1.165, 1.54) is 109 Å². The van der Waals surface area contributed by atoms with Crippen molar-refractivity contribution in [1.82, 2.24) is 0 Å². The van der Waals surface area contributed by atoms with E-state index < -0.39 is 0 Å². The zero-order valence-corrected chi connectivity index (χ0v) is 25.0. The van der Waals surface area contributed by atoms with Crippen molar-refractivity contribution in [2.45, 2.75) is 94.8 Å². The number of allylic oxidation sites excluding steroid dienone is 1. The molecule has 0 bridgehead atoms. The monoisotopic (exact) mass is 538 g/mol. The van der Waals surface area contributed by atoms with Crippen molar-refractivity contribution < 1.29 is 0 Å². The van der Waals surface area contributed by atoms with E-state index >= 15 is 0 Å². The Labute approximate surface area is 248 Å². The van der Waals surface area contributed by atoms with Gasteiger partial charge in [-0.3, -0.25) is 0 Å². The quantitative estimate of drug-likeness (QED) is 0.196. The van der Waals surface area contributed by atoms with Gasteiger partial charge in [0, 0.05) is 10.8 Å². The molecule has 0 heterocycles. The normalized spacial score (nSPS) is 18.1. The van der Waals surface area contributed by atoms with Gasteiger partial charge in [-0.15, -0.1) is 0 Å². The minimum atomic E-state index is 0.165. The van der Waals surface area contributed by atoms with Crippen molar-refractivity contribution in [1.29, 1.82) is 0 Å². The summed E-state index contributed by atoms with van der Waals surface area (Å²) in [7, 11) is 0. The van der Waals surface area contributed by atoms with Crippen LogP contribution in [0.5, 0.6) is 0 Å². The second-order valence-electron chi connectivity index (χ2n) is 13.0. The van der Waals surface area contributed by atoms with Crippen molar-refractivity contribution in [3.63, 3.8) is 0 Å². The molecule has 4 aromatic rings. The number of hydrogen-bond acceptors (Lipinski definition) is 0. The molecule has 210 valence electrons. The molecule has 0 aromatic heterocycles. The van der Waals surface area contributed by atoms with Crippen molar-refractivity contribution in [2.75, 3.05) is 0 Å². The minimum Gasteiger partial charge on any atom is -0.0992 e. The Morgan fingerprint density at radius 3 is 1.27 bits per heavy atom. The summed E-state index contributed by atoms with van der Waals surface area (Å²) in [5, 5.41) is 0. The summed E-state index contributed by atoms with van der Waals surface area (Å²) in [6.45, 7) is 6.69. The molecule has 0 unspecified atom stereocenters. The molecule has 4 aromatic carbocycles. The predicted octanol–water partition coefficient (Wildman–Crippen LogP) is 10.8. The van der Waals surface area contributed by atoms with Gasteiger partial charge >= 0.3 is 0 Å². The first-order chi connectivity index (χ1) is 20.1. The van der Waals surface area contributed by atoms with Gasteiger partial charge in [-0.1, -0.05) is 159 Å². The molecule has 0 heteroatoms. The maximum Gasteiger partial charge on any atom is 0.0202 e. The molecule has 0 N–H and O–H groups in total. The molecule has 0 spiro atoms. The first-order valence-corrected chi connectivity index (χ1v) is 16.1. The summed E-state index contributed by atoms with van der Waals surface area (Å²) in [6, 6.07) is 39.6. The van der Waals surface area contributed by atoms with Crippen LogP contribution in [-0.4, -0.2) is 0 Å². The van der Waals surface area contributed by atoms with E-state index in [9.17, 15) is 0 Å². The average Bonchev–Trinajstić information content (AvgIpc) is 3.03. The van der Waals surface area contributed by atoms with E-state index in [1.54, 1.807) is 0 Å². The molecule has 0 amide bonds. The lowest BCUT2D eigenvalue weighted by atomic mass is 9.65. The Balaban J connectivity index is 1.14. The Hall–Kier alpha value is -3.38. The smallest absolute Gasteiger partial charge is 0.0202 e. The van der Waals surface area contributed by atoms with Crippen LogP contribution < -0.4 is 0 Å². The number of aryl methyl sites for hydroxylation is 1. The summed E-state index contributed by atoms with van der Waals surface area (Å²) in [4.78, 5) is 0. The highest BCUT2D eigenvalue weighted by Crippen LogP contribution is 2.46. The molecule has 6 rings (SSSR count). The molecule has 2 fully saturated rings. The fraction of sp³-hybridized carbons (Fsp3) is 0.366. The largest absolute Gasteiger partial charge is 0.0992 e. The number of benzene rings is 4. The van der Waals surface area contributed by atoms with E-state index in [0.717, 1.165) is 12.8 Å². The van der Waals surface area contributed by atoms with Crippen LogP contribution in [0.15, 0.2) is 115 Å². The molecular formula is C41H46. The van der Waals surface area contributed by atoms with Crippen LogP contribution >= 0.6 is 0 Å². The van der Waals surface area contributed by atoms with E-state index in [4.69, 9.17) is 0 Å². The van der Waals surface area contributed by atoms with Crippen LogP contribution in [0.4, 0.5) is 0 Å². The lowest BCUT2D eigenvalue weighted by Gasteiger charge is -2.39. The van der Waals surface area contributed by atoms with Crippen LogP contribution in [0.25, 0.3) is 0 Å². The fourth-order valence-electron chi connectivity index (χ4n) is 7.95. The molecular weight excluding hydrogens is 492 g/mol. The van der Waals surface area contributed by atoms with Crippen LogP contribution in [0, 0.1) is 6.92 Å². The Morgan fingerprint density at radius 2 is 0.854 bits per heavy atom. The van der Waals surface area contributed by atoms with Gasteiger partial charge in [0.1, 0.15) is 0 Å². The van der Waals surface area contributed by atoms with E-state index in [0.29, 0.717) is 0 Å². The van der Waals surface area contributed by atoms with Crippen molar-refractivity contribution in [2.24, 2.45) is 0 Å².